The third-order valence-corrected chi connectivity index (χ3v) is 6.50. The summed E-state index contributed by atoms with van der Waals surface area (Å²) >= 11 is 0. The monoisotopic (exact) mass is 255 g/mol. The first-order valence-electron chi connectivity index (χ1n) is 7.78. The molecule has 100 valence electrons. The number of allylic oxidation sites excluding steroid dienone is 2. The molecule has 19 heavy (non-hydrogen) atoms. The van der Waals surface area contributed by atoms with Crippen LogP contribution in [0.15, 0.2) is 12.2 Å². The molecule has 0 heterocycles. The molecule has 5 rings (SSSR count). The molecular weight excluding hydrogens is 234 g/mol. The predicted molar refractivity (Wildman–Crippen MR) is 72.0 cm³/mol. The lowest BCUT2D eigenvalue weighted by Gasteiger charge is -2.61. The van der Waals surface area contributed by atoms with Crippen molar-refractivity contribution in [1.82, 2.24) is 0 Å². The van der Waals surface area contributed by atoms with Crippen LogP contribution >= 0.6 is 0 Å². The number of nitrogens with zero attached hydrogens (tertiary/aromatic N) is 1. The van der Waals surface area contributed by atoms with Gasteiger partial charge in [-0.05, 0) is 74.2 Å². The van der Waals surface area contributed by atoms with Gasteiger partial charge in [0.2, 0.25) is 0 Å². The van der Waals surface area contributed by atoms with Gasteiger partial charge in [0, 0.05) is 6.42 Å². The molecule has 4 saturated carbocycles. The zero-order valence-corrected chi connectivity index (χ0v) is 11.4. The highest BCUT2D eigenvalue weighted by molar-refractivity contribution is 5.90. The number of rotatable bonds is 1. The summed E-state index contributed by atoms with van der Waals surface area (Å²) in [6, 6.07) is 2.66. The van der Waals surface area contributed by atoms with Gasteiger partial charge in [0.05, 0.1) is 11.5 Å². The summed E-state index contributed by atoms with van der Waals surface area (Å²) in [4.78, 5) is 11.5. The summed E-state index contributed by atoms with van der Waals surface area (Å²) in [5.74, 6) is 2.79. The van der Waals surface area contributed by atoms with Crippen molar-refractivity contribution in [1.29, 1.82) is 5.26 Å². The maximum atomic E-state index is 11.5. The second-order valence-electron chi connectivity index (χ2n) is 7.58. The standard InChI is InChI=1S/C17H21NO/c18-11-16(3-1-15(19)2-4-16)17-8-12-5-13(9-17)7-14(6-12)10-17/h1,3,12-14H,2,4-10H2. The molecule has 4 bridgehead atoms. The van der Waals surface area contributed by atoms with Crippen molar-refractivity contribution >= 4 is 5.78 Å². The number of carbonyl (C=O) groups excluding carboxylic acids is 1. The summed E-state index contributed by atoms with van der Waals surface area (Å²) in [6.45, 7) is 0. The summed E-state index contributed by atoms with van der Waals surface area (Å²) in [5.41, 5.74) is -0.134. The first-order valence-corrected chi connectivity index (χ1v) is 7.78. The summed E-state index contributed by atoms with van der Waals surface area (Å²) in [6.07, 6.45) is 13.0. The molecule has 0 spiro atoms. The fourth-order valence-corrected chi connectivity index (χ4v) is 6.03. The van der Waals surface area contributed by atoms with E-state index in [0.717, 1.165) is 24.2 Å². The van der Waals surface area contributed by atoms with Crippen molar-refractivity contribution < 1.29 is 4.79 Å². The van der Waals surface area contributed by atoms with Crippen molar-refractivity contribution in [3.63, 3.8) is 0 Å². The van der Waals surface area contributed by atoms with E-state index in [-0.39, 0.29) is 16.6 Å². The Kier molecular flexibility index (Phi) is 2.29. The fourth-order valence-electron chi connectivity index (χ4n) is 6.03. The average molecular weight is 255 g/mol. The van der Waals surface area contributed by atoms with Gasteiger partial charge in [0.1, 0.15) is 0 Å². The second kappa shape index (κ2) is 3.72. The molecule has 0 radical (unpaired) electrons. The molecule has 0 amide bonds. The molecule has 0 aromatic rings. The molecule has 4 fully saturated rings. The minimum atomic E-state index is -0.336. The number of nitriles is 1. The van der Waals surface area contributed by atoms with Gasteiger partial charge >= 0.3 is 0 Å². The number of hydrogen-bond acceptors (Lipinski definition) is 2. The summed E-state index contributed by atoms with van der Waals surface area (Å²) < 4.78 is 0. The molecule has 1 unspecified atom stereocenters. The second-order valence-corrected chi connectivity index (χ2v) is 7.58. The van der Waals surface area contributed by atoms with E-state index in [1.165, 1.54) is 38.5 Å². The van der Waals surface area contributed by atoms with Crippen LogP contribution in [0.1, 0.15) is 51.4 Å². The molecule has 2 nitrogen and oxygen atoms in total. The number of carbonyl (C=O) groups is 1. The molecule has 0 saturated heterocycles. The lowest BCUT2D eigenvalue weighted by atomic mass is 9.42. The van der Waals surface area contributed by atoms with E-state index in [9.17, 15) is 10.1 Å². The normalized spacial score (nSPS) is 51.3. The average Bonchev–Trinajstić information content (AvgIpc) is 2.38. The van der Waals surface area contributed by atoms with Gasteiger partial charge in [-0.2, -0.15) is 5.26 Å². The molecule has 1 atom stereocenters. The van der Waals surface area contributed by atoms with Crippen LogP contribution in [-0.4, -0.2) is 5.78 Å². The first-order chi connectivity index (χ1) is 9.15. The smallest absolute Gasteiger partial charge is 0.155 e. The third kappa shape index (κ3) is 1.51. The van der Waals surface area contributed by atoms with Crippen molar-refractivity contribution in [2.24, 2.45) is 28.6 Å². The van der Waals surface area contributed by atoms with Crippen LogP contribution in [0.25, 0.3) is 0 Å². The van der Waals surface area contributed by atoms with E-state index in [1.807, 2.05) is 6.08 Å². The topological polar surface area (TPSA) is 40.9 Å². The predicted octanol–water partition coefficient (Wildman–Crippen LogP) is 3.63. The minimum absolute atomic E-state index is 0.202. The van der Waals surface area contributed by atoms with Crippen LogP contribution in [0.3, 0.4) is 0 Å². The Bertz CT molecular complexity index is 463. The van der Waals surface area contributed by atoms with E-state index in [1.54, 1.807) is 6.08 Å². The summed E-state index contributed by atoms with van der Waals surface area (Å²) in [7, 11) is 0. The van der Waals surface area contributed by atoms with E-state index >= 15 is 0 Å². The lowest BCUT2D eigenvalue weighted by molar-refractivity contribution is -0.120. The van der Waals surface area contributed by atoms with Crippen molar-refractivity contribution in [2.75, 3.05) is 0 Å². The van der Waals surface area contributed by atoms with Gasteiger partial charge < -0.3 is 0 Å². The molecule has 0 N–H and O–H groups in total. The van der Waals surface area contributed by atoms with Gasteiger partial charge in [-0.1, -0.05) is 6.08 Å². The zero-order chi connectivity index (χ0) is 13.1. The Morgan fingerprint density at radius 2 is 1.68 bits per heavy atom. The quantitative estimate of drug-likeness (QED) is 0.718. The molecule has 5 aliphatic rings. The Morgan fingerprint density at radius 1 is 1.11 bits per heavy atom. The highest BCUT2D eigenvalue weighted by atomic mass is 16.1. The van der Waals surface area contributed by atoms with E-state index in [2.05, 4.69) is 6.07 Å². The minimum Gasteiger partial charge on any atom is -0.295 e. The van der Waals surface area contributed by atoms with Gasteiger partial charge in [-0.3, -0.25) is 4.79 Å². The van der Waals surface area contributed by atoms with Crippen LogP contribution in [-0.2, 0) is 4.79 Å². The molecule has 0 aliphatic heterocycles. The van der Waals surface area contributed by atoms with Crippen LogP contribution < -0.4 is 0 Å². The highest BCUT2D eigenvalue weighted by Gasteiger charge is 2.60. The summed E-state index contributed by atoms with van der Waals surface area (Å²) in [5, 5.41) is 9.88. The van der Waals surface area contributed by atoms with Crippen LogP contribution in [0.5, 0.6) is 0 Å². The van der Waals surface area contributed by atoms with Gasteiger partial charge in [-0.15, -0.1) is 0 Å². The van der Waals surface area contributed by atoms with E-state index in [4.69, 9.17) is 0 Å². The number of ketones is 1. The van der Waals surface area contributed by atoms with E-state index in [0.29, 0.717) is 6.42 Å². The Morgan fingerprint density at radius 3 is 2.11 bits per heavy atom. The molecule has 0 aromatic carbocycles. The number of hydrogen-bond donors (Lipinski definition) is 0. The SMILES string of the molecule is N#CC1(C23CC4CC(CC(C4)C2)C3)C=CC(=O)CC1. The van der Waals surface area contributed by atoms with Crippen molar-refractivity contribution in [3.8, 4) is 6.07 Å². The largest absolute Gasteiger partial charge is 0.295 e. The highest BCUT2D eigenvalue weighted by Crippen LogP contribution is 2.67. The van der Waals surface area contributed by atoms with Gasteiger partial charge in [-0.25, -0.2) is 0 Å². The van der Waals surface area contributed by atoms with E-state index < -0.39 is 0 Å². The maximum absolute atomic E-state index is 11.5. The van der Waals surface area contributed by atoms with Crippen LogP contribution in [0, 0.1) is 39.9 Å². The Labute approximate surface area is 114 Å². The molecule has 5 aliphatic carbocycles. The lowest BCUT2D eigenvalue weighted by Crippen LogP contribution is -2.54. The molecule has 0 aromatic heterocycles. The maximum Gasteiger partial charge on any atom is 0.155 e. The van der Waals surface area contributed by atoms with Gasteiger partial charge in [0.15, 0.2) is 5.78 Å². The third-order valence-electron chi connectivity index (χ3n) is 6.50. The van der Waals surface area contributed by atoms with Crippen LogP contribution in [0.4, 0.5) is 0 Å². The van der Waals surface area contributed by atoms with Crippen molar-refractivity contribution in [3.05, 3.63) is 12.2 Å². The van der Waals surface area contributed by atoms with Crippen LogP contribution in [0.2, 0.25) is 0 Å². The Balaban J connectivity index is 1.76. The fraction of sp³-hybridized carbons (Fsp3) is 0.765. The Hall–Kier alpha value is -1.10. The van der Waals surface area contributed by atoms with Crippen molar-refractivity contribution in [2.45, 2.75) is 51.4 Å². The zero-order valence-electron chi connectivity index (χ0n) is 11.4. The molecular formula is C17H21NO. The molecule has 2 heteroatoms. The first kappa shape index (κ1) is 11.7. The van der Waals surface area contributed by atoms with Gasteiger partial charge in [0.25, 0.3) is 0 Å².